The minimum atomic E-state index is -0.761. The normalized spacial score (nSPS) is 15.0. The standard InChI is InChI=1S/C24H22N6O2S/c1-16-8-10-17(11-9-16)29-21(32)18-6-2-3-7-19(18)30-22(29)27-28-23(30)33-14-20(31)26-24(15-25)12-4-5-13-24/h2-3,6-11H,4-5,12-14H2,1H3,(H,26,31). The van der Waals surface area contributed by atoms with Crippen LogP contribution in [-0.2, 0) is 4.79 Å². The molecule has 1 aliphatic rings. The number of aryl methyl sites for hydroxylation is 1. The third-order valence-corrected chi connectivity index (χ3v) is 7.00. The van der Waals surface area contributed by atoms with Gasteiger partial charge in [-0.15, -0.1) is 10.2 Å². The topological polar surface area (TPSA) is 105 Å². The second kappa shape index (κ2) is 8.37. The maximum atomic E-state index is 13.3. The van der Waals surface area contributed by atoms with E-state index in [0.717, 1.165) is 18.4 Å². The molecule has 0 radical (unpaired) electrons. The predicted octanol–water partition coefficient (Wildman–Crippen LogP) is 3.39. The van der Waals surface area contributed by atoms with Crippen LogP contribution in [0.15, 0.2) is 58.5 Å². The van der Waals surface area contributed by atoms with Crippen LogP contribution in [0.3, 0.4) is 0 Å². The molecule has 4 aromatic rings. The van der Waals surface area contributed by atoms with Crippen LogP contribution < -0.4 is 10.9 Å². The minimum Gasteiger partial charge on any atom is -0.337 e. The first-order valence-corrected chi connectivity index (χ1v) is 11.8. The van der Waals surface area contributed by atoms with E-state index in [9.17, 15) is 14.9 Å². The number of benzene rings is 2. The molecule has 1 aliphatic carbocycles. The Balaban J connectivity index is 1.55. The van der Waals surface area contributed by atoms with Gasteiger partial charge in [0.05, 0.1) is 28.4 Å². The molecule has 0 atom stereocenters. The number of hydrogen-bond donors (Lipinski definition) is 1. The molecule has 1 amide bonds. The van der Waals surface area contributed by atoms with Gasteiger partial charge < -0.3 is 5.32 Å². The lowest BCUT2D eigenvalue weighted by Crippen LogP contribution is -2.45. The van der Waals surface area contributed by atoms with Crippen LogP contribution in [0, 0.1) is 18.3 Å². The monoisotopic (exact) mass is 458 g/mol. The largest absolute Gasteiger partial charge is 0.337 e. The number of hydrogen-bond acceptors (Lipinski definition) is 6. The van der Waals surface area contributed by atoms with Crippen LogP contribution in [0.4, 0.5) is 0 Å². The Morgan fingerprint density at radius 2 is 1.88 bits per heavy atom. The number of para-hydroxylation sites is 1. The number of nitriles is 1. The first kappa shape index (κ1) is 21.2. The van der Waals surface area contributed by atoms with E-state index in [0.29, 0.717) is 40.4 Å². The summed E-state index contributed by atoms with van der Waals surface area (Å²) in [5, 5.41) is 22.1. The number of carbonyl (C=O) groups excluding carboxylic acids is 1. The fourth-order valence-corrected chi connectivity index (χ4v) is 5.12. The van der Waals surface area contributed by atoms with Gasteiger partial charge in [0.15, 0.2) is 5.16 Å². The van der Waals surface area contributed by atoms with Gasteiger partial charge in [-0.05, 0) is 56.9 Å². The molecule has 33 heavy (non-hydrogen) atoms. The molecule has 8 nitrogen and oxygen atoms in total. The third-order valence-electron chi connectivity index (χ3n) is 6.07. The lowest BCUT2D eigenvalue weighted by molar-refractivity contribution is -0.119. The summed E-state index contributed by atoms with van der Waals surface area (Å²) in [5.74, 6) is 0.272. The summed E-state index contributed by atoms with van der Waals surface area (Å²) in [7, 11) is 0. The van der Waals surface area contributed by atoms with Gasteiger partial charge in [-0.3, -0.25) is 14.0 Å². The molecular weight excluding hydrogens is 436 g/mol. The summed E-state index contributed by atoms with van der Waals surface area (Å²) in [5.41, 5.74) is 1.52. The predicted molar refractivity (Wildman–Crippen MR) is 127 cm³/mol. The quantitative estimate of drug-likeness (QED) is 0.460. The highest BCUT2D eigenvalue weighted by Gasteiger charge is 2.35. The number of nitrogens with one attached hydrogen (secondary N) is 1. The van der Waals surface area contributed by atoms with Crippen molar-refractivity contribution in [3.05, 3.63) is 64.4 Å². The Morgan fingerprint density at radius 3 is 2.61 bits per heavy atom. The number of amides is 1. The molecule has 1 fully saturated rings. The second-order valence-electron chi connectivity index (χ2n) is 8.35. The zero-order chi connectivity index (χ0) is 23.0. The Morgan fingerprint density at radius 1 is 1.15 bits per heavy atom. The molecule has 2 aromatic carbocycles. The Labute approximate surface area is 194 Å². The van der Waals surface area contributed by atoms with Gasteiger partial charge in [-0.1, -0.05) is 41.6 Å². The smallest absolute Gasteiger partial charge is 0.267 e. The Bertz CT molecular complexity index is 1460. The molecule has 1 N–H and O–H groups in total. The Kier molecular flexibility index (Phi) is 5.38. The van der Waals surface area contributed by atoms with E-state index < -0.39 is 5.54 Å². The average Bonchev–Trinajstić information content (AvgIpc) is 3.47. The fraction of sp³-hybridized carbons (Fsp3) is 0.292. The van der Waals surface area contributed by atoms with Crippen molar-refractivity contribution >= 4 is 34.3 Å². The first-order valence-electron chi connectivity index (χ1n) is 10.8. The minimum absolute atomic E-state index is 0.0994. The SMILES string of the molecule is Cc1ccc(-n2c(=O)c3ccccc3n3c(SCC(=O)NC4(C#N)CCCC4)nnc23)cc1. The molecule has 5 rings (SSSR count). The number of fused-ring (bicyclic) bond motifs is 3. The van der Waals surface area contributed by atoms with Gasteiger partial charge in [0, 0.05) is 0 Å². The molecule has 0 aliphatic heterocycles. The van der Waals surface area contributed by atoms with E-state index in [-0.39, 0.29) is 17.2 Å². The molecule has 0 unspecified atom stereocenters. The van der Waals surface area contributed by atoms with Crippen LogP contribution in [0.25, 0.3) is 22.4 Å². The van der Waals surface area contributed by atoms with Gasteiger partial charge in [0.1, 0.15) is 5.54 Å². The molecule has 166 valence electrons. The first-order chi connectivity index (χ1) is 16.0. The number of aromatic nitrogens is 4. The summed E-state index contributed by atoms with van der Waals surface area (Å²) >= 11 is 1.24. The lowest BCUT2D eigenvalue weighted by Gasteiger charge is -2.21. The zero-order valence-corrected chi connectivity index (χ0v) is 18.9. The summed E-state index contributed by atoms with van der Waals surface area (Å²) in [6, 6.07) is 17.2. The summed E-state index contributed by atoms with van der Waals surface area (Å²) in [6.45, 7) is 1.99. The van der Waals surface area contributed by atoms with Crippen molar-refractivity contribution in [3.8, 4) is 11.8 Å². The summed E-state index contributed by atoms with van der Waals surface area (Å²) in [4.78, 5) is 26.0. The van der Waals surface area contributed by atoms with Crippen molar-refractivity contribution in [1.82, 2.24) is 24.5 Å². The van der Waals surface area contributed by atoms with Gasteiger partial charge in [-0.25, -0.2) is 4.57 Å². The maximum Gasteiger partial charge on any atom is 0.267 e. The van der Waals surface area contributed by atoms with Crippen molar-refractivity contribution in [2.45, 2.75) is 43.3 Å². The van der Waals surface area contributed by atoms with Crippen molar-refractivity contribution in [2.24, 2.45) is 0 Å². The molecule has 1 saturated carbocycles. The number of nitrogens with zero attached hydrogens (tertiary/aromatic N) is 5. The van der Waals surface area contributed by atoms with Crippen molar-refractivity contribution in [1.29, 1.82) is 5.26 Å². The number of carbonyl (C=O) groups is 1. The second-order valence-corrected chi connectivity index (χ2v) is 9.29. The molecular formula is C24H22N6O2S. The summed E-state index contributed by atoms with van der Waals surface area (Å²) < 4.78 is 3.35. The molecule has 0 bridgehead atoms. The van der Waals surface area contributed by atoms with Crippen molar-refractivity contribution < 1.29 is 4.79 Å². The molecule has 2 heterocycles. The van der Waals surface area contributed by atoms with Crippen molar-refractivity contribution in [3.63, 3.8) is 0 Å². The summed E-state index contributed by atoms with van der Waals surface area (Å²) in [6.07, 6.45) is 3.25. The molecule has 0 saturated heterocycles. The van der Waals surface area contributed by atoms with Crippen LogP contribution in [0.1, 0.15) is 31.2 Å². The zero-order valence-electron chi connectivity index (χ0n) is 18.1. The lowest BCUT2D eigenvalue weighted by atomic mass is 10.0. The number of rotatable bonds is 5. The van der Waals surface area contributed by atoms with Gasteiger partial charge in [-0.2, -0.15) is 5.26 Å². The molecule has 9 heteroatoms. The molecule has 2 aromatic heterocycles. The van der Waals surface area contributed by atoms with E-state index in [1.54, 1.807) is 10.6 Å². The highest BCUT2D eigenvalue weighted by Crippen LogP contribution is 2.29. The van der Waals surface area contributed by atoms with Gasteiger partial charge in [0.2, 0.25) is 11.7 Å². The van der Waals surface area contributed by atoms with E-state index in [2.05, 4.69) is 21.6 Å². The molecule has 0 spiro atoms. The van der Waals surface area contributed by atoms with Crippen LogP contribution in [-0.4, -0.2) is 36.4 Å². The number of thioether (sulfide) groups is 1. The van der Waals surface area contributed by atoms with Crippen LogP contribution in [0.5, 0.6) is 0 Å². The van der Waals surface area contributed by atoms with E-state index in [1.165, 1.54) is 11.8 Å². The fourth-order valence-electron chi connectivity index (χ4n) is 4.38. The van der Waals surface area contributed by atoms with Gasteiger partial charge in [0.25, 0.3) is 5.56 Å². The van der Waals surface area contributed by atoms with Crippen molar-refractivity contribution in [2.75, 3.05) is 5.75 Å². The van der Waals surface area contributed by atoms with Crippen LogP contribution in [0.2, 0.25) is 0 Å². The highest BCUT2D eigenvalue weighted by molar-refractivity contribution is 7.99. The average molecular weight is 459 g/mol. The van der Waals surface area contributed by atoms with E-state index >= 15 is 0 Å². The third kappa shape index (κ3) is 3.76. The van der Waals surface area contributed by atoms with Gasteiger partial charge >= 0.3 is 0 Å². The Hall–Kier alpha value is -3.64. The van der Waals surface area contributed by atoms with Crippen LogP contribution >= 0.6 is 11.8 Å². The van der Waals surface area contributed by atoms with E-state index in [1.807, 2.05) is 53.8 Å². The highest BCUT2D eigenvalue weighted by atomic mass is 32.2. The maximum absolute atomic E-state index is 13.3. The van der Waals surface area contributed by atoms with E-state index in [4.69, 9.17) is 0 Å².